The Labute approximate surface area is 205 Å². The fourth-order valence-corrected chi connectivity index (χ4v) is 4.77. The number of furan rings is 1. The van der Waals surface area contributed by atoms with Crippen LogP contribution in [-0.2, 0) is 29.1 Å². The molecule has 9 heteroatoms. The maximum absolute atomic E-state index is 13.5. The van der Waals surface area contributed by atoms with E-state index in [4.69, 9.17) is 23.6 Å². The van der Waals surface area contributed by atoms with E-state index < -0.39 is 10.9 Å². The molecule has 4 aromatic rings. The van der Waals surface area contributed by atoms with Gasteiger partial charge in [-0.25, -0.2) is 9.78 Å². The first kappa shape index (κ1) is 22.0. The molecule has 3 heterocycles. The van der Waals surface area contributed by atoms with Crippen molar-refractivity contribution < 1.29 is 28.3 Å². The Morgan fingerprint density at radius 3 is 2.89 bits per heavy atom. The van der Waals surface area contributed by atoms with Crippen LogP contribution in [0.15, 0.2) is 59.2 Å². The molecule has 0 N–H and O–H groups in total. The zero-order valence-electron chi connectivity index (χ0n) is 19.1. The molecule has 0 saturated heterocycles. The summed E-state index contributed by atoms with van der Waals surface area (Å²) in [7, 11) is 0. The van der Waals surface area contributed by atoms with Gasteiger partial charge >= 0.3 is 5.97 Å². The van der Waals surface area contributed by atoms with Crippen molar-refractivity contribution in [1.29, 1.82) is 0 Å². The number of non-ortho nitro benzene ring substituents is 1. The number of esters is 1. The molecule has 1 aliphatic carbocycles. The van der Waals surface area contributed by atoms with E-state index in [1.807, 2.05) is 42.5 Å². The van der Waals surface area contributed by atoms with Gasteiger partial charge in [0.25, 0.3) is 5.69 Å². The van der Waals surface area contributed by atoms with E-state index in [2.05, 4.69) is 0 Å². The zero-order valence-corrected chi connectivity index (χ0v) is 19.1. The number of nitro groups is 1. The van der Waals surface area contributed by atoms with Gasteiger partial charge in [0, 0.05) is 28.6 Å². The largest absolute Gasteiger partial charge is 0.467 e. The number of aromatic nitrogens is 1. The number of nitro benzene ring substituents is 1. The number of nitrogens with zero attached hydrogens (tertiary/aromatic N) is 2. The molecule has 0 amide bonds. The maximum Gasteiger partial charge on any atom is 0.339 e. The maximum atomic E-state index is 13.5. The van der Waals surface area contributed by atoms with Crippen LogP contribution in [0.1, 0.15) is 44.9 Å². The number of carbonyl (C=O) groups excluding carboxylic acids is 1. The predicted octanol–water partition coefficient (Wildman–Crippen LogP) is 5.45. The molecule has 0 spiro atoms. The van der Waals surface area contributed by atoms with Crippen LogP contribution in [0.25, 0.3) is 22.6 Å². The van der Waals surface area contributed by atoms with Gasteiger partial charge < -0.3 is 18.6 Å². The van der Waals surface area contributed by atoms with E-state index in [-0.39, 0.29) is 25.7 Å². The lowest BCUT2D eigenvalue weighted by Crippen LogP contribution is -2.15. The average molecular weight is 484 g/mol. The lowest BCUT2D eigenvalue weighted by molar-refractivity contribution is -0.385. The van der Waals surface area contributed by atoms with E-state index in [1.54, 1.807) is 6.26 Å². The number of allylic oxidation sites excluding steroid dienone is 1. The number of hydrogen-bond acceptors (Lipinski definition) is 8. The Kier molecular flexibility index (Phi) is 5.46. The lowest BCUT2D eigenvalue weighted by atomic mass is 10.0. The number of pyridine rings is 1. The van der Waals surface area contributed by atoms with E-state index in [0.717, 1.165) is 22.6 Å². The van der Waals surface area contributed by atoms with Gasteiger partial charge in [0.15, 0.2) is 6.79 Å². The van der Waals surface area contributed by atoms with Crippen molar-refractivity contribution in [2.75, 3.05) is 6.79 Å². The molecule has 180 valence electrons. The van der Waals surface area contributed by atoms with E-state index in [9.17, 15) is 14.9 Å². The minimum atomic E-state index is -0.517. The monoisotopic (exact) mass is 484 g/mol. The Morgan fingerprint density at radius 2 is 2.06 bits per heavy atom. The second kappa shape index (κ2) is 8.94. The second-order valence-corrected chi connectivity index (χ2v) is 8.55. The quantitative estimate of drug-likeness (QED) is 0.209. The summed E-state index contributed by atoms with van der Waals surface area (Å²) in [6, 6.07) is 13.9. The molecular formula is C27H20N2O7. The Balaban J connectivity index is 1.38. The van der Waals surface area contributed by atoms with Gasteiger partial charge in [-0.2, -0.15) is 0 Å². The molecule has 0 saturated carbocycles. The van der Waals surface area contributed by atoms with Crippen LogP contribution in [0, 0.1) is 10.1 Å². The fourth-order valence-electron chi connectivity index (χ4n) is 4.77. The molecule has 2 aliphatic rings. The van der Waals surface area contributed by atoms with Gasteiger partial charge in [0.1, 0.15) is 18.1 Å². The zero-order chi connectivity index (χ0) is 24.6. The molecule has 0 bridgehead atoms. The van der Waals surface area contributed by atoms with Crippen molar-refractivity contribution in [1.82, 2.24) is 4.98 Å². The van der Waals surface area contributed by atoms with Crippen LogP contribution in [0.2, 0.25) is 0 Å². The fraction of sp³-hybridized carbons (Fsp3) is 0.185. The van der Waals surface area contributed by atoms with E-state index >= 15 is 0 Å². The third-order valence-corrected chi connectivity index (χ3v) is 6.35. The molecule has 9 nitrogen and oxygen atoms in total. The number of para-hydroxylation sites is 1. The molecule has 0 unspecified atom stereocenters. The molecule has 1 aliphatic heterocycles. The highest BCUT2D eigenvalue weighted by Crippen LogP contribution is 2.38. The predicted molar refractivity (Wildman–Crippen MR) is 129 cm³/mol. The average Bonchev–Trinajstić information content (AvgIpc) is 3.56. The minimum Gasteiger partial charge on any atom is -0.467 e. The number of rotatable bonds is 5. The van der Waals surface area contributed by atoms with Crippen molar-refractivity contribution in [3.63, 3.8) is 0 Å². The van der Waals surface area contributed by atoms with Crippen molar-refractivity contribution >= 4 is 34.2 Å². The first-order valence-corrected chi connectivity index (χ1v) is 11.4. The number of hydrogen-bond donors (Lipinski definition) is 0. The van der Waals surface area contributed by atoms with Crippen LogP contribution < -0.4 is 4.74 Å². The summed E-state index contributed by atoms with van der Waals surface area (Å²) in [4.78, 5) is 29.3. The Hall–Kier alpha value is -4.50. The summed E-state index contributed by atoms with van der Waals surface area (Å²) in [5.74, 6) is 0.654. The highest BCUT2D eigenvalue weighted by molar-refractivity contribution is 6.07. The number of fused-ring (bicyclic) bond motifs is 3. The summed E-state index contributed by atoms with van der Waals surface area (Å²) in [6.07, 6.45) is 4.90. The number of ether oxygens (including phenoxy) is 3. The minimum absolute atomic E-state index is 0.0268. The van der Waals surface area contributed by atoms with Gasteiger partial charge in [-0.1, -0.05) is 18.2 Å². The van der Waals surface area contributed by atoms with Crippen LogP contribution in [0.3, 0.4) is 0 Å². The molecule has 0 fully saturated rings. The van der Waals surface area contributed by atoms with E-state index in [1.165, 1.54) is 12.1 Å². The summed E-state index contributed by atoms with van der Waals surface area (Å²) in [5.41, 5.74) is 4.56. The molecule has 6 rings (SSSR count). The SMILES string of the molecule is O=C(OCc1cc([N+](=O)[O-])cc2c1OCOC2)c1c2c(nc3ccccc13)C(=Cc1ccco1)CC2. The van der Waals surface area contributed by atoms with Crippen molar-refractivity contribution in [3.05, 3.63) is 98.6 Å². The Bertz CT molecular complexity index is 1540. The highest BCUT2D eigenvalue weighted by atomic mass is 16.7. The van der Waals surface area contributed by atoms with Crippen molar-refractivity contribution in [2.45, 2.75) is 26.1 Å². The molecular weight excluding hydrogens is 464 g/mol. The molecule has 0 atom stereocenters. The normalized spacial score (nSPS) is 15.4. The van der Waals surface area contributed by atoms with Crippen LogP contribution in [0.5, 0.6) is 5.75 Å². The van der Waals surface area contributed by atoms with Crippen LogP contribution in [-0.4, -0.2) is 22.7 Å². The molecule has 2 aromatic carbocycles. The highest BCUT2D eigenvalue weighted by Gasteiger charge is 2.29. The molecule has 36 heavy (non-hydrogen) atoms. The van der Waals surface area contributed by atoms with E-state index in [0.29, 0.717) is 46.2 Å². The molecule has 2 aromatic heterocycles. The van der Waals surface area contributed by atoms with Crippen molar-refractivity contribution in [3.8, 4) is 5.75 Å². The first-order chi connectivity index (χ1) is 17.6. The summed E-state index contributed by atoms with van der Waals surface area (Å²) in [5, 5.41) is 12.1. The summed E-state index contributed by atoms with van der Waals surface area (Å²) >= 11 is 0. The number of benzene rings is 2. The third kappa shape index (κ3) is 3.89. The second-order valence-electron chi connectivity index (χ2n) is 8.55. The summed E-state index contributed by atoms with van der Waals surface area (Å²) < 4.78 is 22.0. The van der Waals surface area contributed by atoms with Gasteiger partial charge in [-0.05, 0) is 48.3 Å². The first-order valence-electron chi connectivity index (χ1n) is 11.4. The molecule has 0 radical (unpaired) electrons. The number of carbonyl (C=O) groups is 1. The van der Waals surface area contributed by atoms with Gasteiger partial charge in [0.05, 0.1) is 34.6 Å². The lowest BCUT2D eigenvalue weighted by Gasteiger charge is -2.20. The van der Waals surface area contributed by atoms with Gasteiger partial charge in [-0.15, -0.1) is 0 Å². The summed E-state index contributed by atoms with van der Waals surface area (Å²) in [6.45, 7) is 0.0354. The Morgan fingerprint density at radius 1 is 1.17 bits per heavy atom. The van der Waals surface area contributed by atoms with Gasteiger partial charge in [0.2, 0.25) is 0 Å². The smallest absolute Gasteiger partial charge is 0.339 e. The third-order valence-electron chi connectivity index (χ3n) is 6.35. The van der Waals surface area contributed by atoms with Gasteiger partial charge in [-0.3, -0.25) is 10.1 Å². The van der Waals surface area contributed by atoms with Crippen molar-refractivity contribution in [2.24, 2.45) is 0 Å². The topological polar surface area (TPSA) is 114 Å². The van der Waals surface area contributed by atoms with Crippen LogP contribution >= 0.6 is 0 Å². The standard InChI is InChI=1S/C27H20N2O7/c30-27(35-14-18-11-19(29(31)32)10-17-13-33-15-36-26(17)18)24-21-5-1-2-6-23(21)28-25-16(7-8-22(24)25)12-20-4-3-9-34-20/h1-6,9-12H,7-8,13-15H2. The van der Waals surface area contributed by atoms with Crippen LogP contribution in [0.4, 0.5) is 5.69 Å².